The largest absolute Gasteiger partial charge is 0.399 e. The number of benzene rings is 2. The first-order chi connectivity index (χ1) is 8.20. The van der Waals surface area contributed by atoms with Crippen LogP contribution >= 0.6 is 0 Å². The van der Waals surface area contributed by atoms with Gasteiger partial charge in [0.25, 0.3) is 0 Å². The lowest BCUT2D eigenvalue weighted by Gasteiger charge is -2.23. The van der Waals surface area contributed by atoms with Gasteiger partial charge in [-0.05, 0) is 49.4 Å². The summed E-state index contributed by atoms with van der Waals surface area (Å²) in [7, 11) is 0. The fourth-order valence-electron chi connectivity index (χ4n) is 1.81. The van der Waals surface area contributed by atoms with Crippen LogP contribution in [0.4, 0.5) is 21.5 Å². The number of rotatable bonds is 3. The molecule has 0 heterocycles. The molecule has 3 heteroatoms. The van der Waals surface area contributed by atoms with E-state index in [1.807, 2.05) is 42.2 Å². The number of hydrogen-bond acceptors (Lipinski definition) is 2. The number of nitrogen functional groups attached to an aromatic ring is 1. The Morgan fingerprint density at radius 1 is 1.06 bits per heavy atom. The van der Waals surface area contributed by atoms with E-state index in [1.54, 1.807) is 6.07 Å². The van der Waals surface area contributed by atoms with Crippen molar-refractivity contribution in [3.63, 3.8) is 0 Å². The Hall–Kier alpha value is -2.03. The number of nitrogens with zero attached hydrogens (tertiary/aromatic N) is 1. The summed E-state index contributed by atoms with van der Waals surface area (Å²) in [5, 5.41) is 0. The normalized spacial score (nSPS) is 10.2. The number of halogens is 1. The molecule has 0 aromatic heterocycles. The molecule has 0 aliphatic carbocycles. The van der Waals surface area contributed by atoms with E-state index in [2.05, 4.69) is 0 Å². The van der Waals surface area contributed by atoms with Crippen LogP contribution in [0.15, 0.2) is 48.5 Å². The summed E-state index contributed by atoms with van der Waals surface area (Å²) >= 11 is 0. The maximum atomic E-state index is 13.2. The molecule has 0 saturated heterocycles. The molecule has 0 amide bonds. The molecule has 2 rings (SSSR count). The van der Waals surface area contributed by atoms with Gasteiger partial charge in [-0.3, -0.25) is 0 Å². The van der Waals surface area contributed by atoms with Gasteiger partial charge >= 0.3 is 0 Å². The van der Waals surface area contributed by atoms with Gasteiger partial charge in [0.15, 0.2) is 0 Å². The van der Waals surface area contributed by atoms with Gasteiger partial charge in [-0.15, -0.1) is 0 Å². The van der Waals surface area contributed by atoms with Crippen molar-refractivity contribution in [3.05, 3.63) is 54.3 Å². The molecule has 0 radical (unpaired) electrons. The highest BCUT2D eigenvalue weighted by Gasteiger charge is 2.07. The Morgan fingerprint density at radius 3 is 2.35 bits per heavy atom. The number of anilines is 3. The van der Waals surface area contributed by atoms with Crippen molar-refractivity contribution < 1.29 is 4.39 Å². The van der Waals surface area contributed by atoms with Crippen molar-refractivity contribution in [2.24, 2.45) is 0 Å². The SMILES string of the molecule is CCN(c1ccc(N)cc1)c1cccc(F)c1. The van der Waals surface area contributed by atoms with E-state index < -0.39 is 0 Å². The summed E-state index contributed by atoms with van der Waals surface area (Å²) in [6.07, 6.45) is 0. The monoisotopic (exact) mass is 230 g/mol. The zero-order chi connectivity index (χ0) is 12.3. The zero-order valence-electron chi connectivity index (χ0n) is 9.73. The van der Waals surface area contributed by atoms with Crippen LogP contribution in [0.2, 0.25) is 0 Å². The molecule has 0 aliphatic heterocycles. The van der Waals surface area contributed by atoms with Gasteiger partial charge in [0.1, 0.15) is 5.82 Å². The smallest absolute Gasteiger partial charge is 0.125 e. The van der Waals surface area contributed by atoms with Crippen LogP contribution in [-0.4, -0.2) is 6.54 Å². The molecule has 0 atom stereocenters. The molecule has 0 saturated carbocycles. The minimum atomic E-state index is -0.226. The van der Waals surface area contributed by atoms with Gasteiger partial charge in [0.05, 0.1) is 0 Å². The molecule has 88 valence electrons. The average Bonchev–Trinajstić information content (AvgIpc) is 2.33. The molecule has 2 nitrogen and oxygen atoms in total. The van der Waals surface area contributed by atoms with Crippen LogP contribution in [0, 0.1) is 5.82 Å². The van der Waals surface area contributed by atoms with E-state index in [0.29, 0.717) is 0 Å². The standard InChI is InChI=1S/C14H15FN2/c1-2-17(13-8-6-12(16)7-9-13)14-5-3-4-11(15)10-14/h3-10H,2,16H2,1H3. The molecule has 17 heavy (non-hydrogen) atoms. The van der Waals surface area contributed by atoms with Gasteiger partial charge in [-0.25, -0.2) is 4.39 Å². The fraction of sp³-hybridized carbons (Fsp3) is 0.143. The molecule has 0 bridgehead atoms. The van der Waals surface area contributed by atoms with Crippen molar-refractivity contribution in [1.82, 2.24) is 0 Å². The Balaban J connectivity index is 2.36. The molecule has 0 aliphatic rings. The third-order valence-corrected chi connectivity index (χ3v) is 2.64. The van der Waals surface area contributed by atoms with E-state index in [1.165, 1.54) is 12.1 Å². The third kappa shape index (κ3) is 2.56. The van der Waals surface area contributed by atoms with Gasteiger partial charge in [-0.2, -0.15) is 0 Å². The first-order valence-corrected chi connectivity index (χ1v) is 5.59. The van der Waals surface area contributed by atoms with Crippen molar-refractivity contribution in [2.75, 3.05) is 17.2 Å². The van der Waals surface area contributed by atoms with Crippen molar-refractivity contribution in [1.29, 1.82) is 0 Å². The second kappa shape index (κ2) is 4.87. The minimum Gasteiger partial charge on any atom is -0.399 e. The lowest BCUT2D eigenvalue weighted by molar-refractivity contribution is 0.627. The summed E-state index contributed by atoms with van der Waals surface area (Å²) in [4.78, 5) is 2.03. The quantitative estimate of drug-likeness (QED) is 0.817. The summed E-state index contributed by atoms with van der Waals surface area (Å²) in [6.45, 7) is 2.80. The van der Waals surface area contributed by atoms with E-state index >= 15 is 0 Å². The zero-order valence-corrected chi connectivity index (χ0v) is 9.73. The first kappa shape index (κ1) is 11.5. The van der Waals surface area contributed by atoms with E-state index in [9.17, 15) is 4.39 Å². The third-order valence-electron chi connectivity index (χ3n) is 2.64. The average molecular weight is 230 g/mol. The molecule has 0 fully saturated rings. The molecular weight excluding hydrogens is 215 g/mol. The molecule has 2 N–H and O–H groups in total. The van der Waals surface area contributed by atoms with Crippen molar-refractivity contribution >= 4 is 17.1 Å². The van der Waals surface area contributed by atoms with Crippen molar-refractivity contribution in [2.45, 2.75) is 6.92 Å². The van der Waals surface area contributed by atoms with Gasteiger partial charge in [-0.1, -0.05) is 6.07 Å². The van der Waals surface area contributed by atoms with Gasteiger partial charge in [0, 0.05) is 23.6 Å². The molecule has 2 aromatic rings. The second-order valence-corrected chi connectivity index (χ2v) is 3.82. The lowest BCUT2D eigenvalue weighted by atomic mass is 10.2. The Labute approximate surface area is 100 Å². The van der Waals surface area contributed by atoms with Crippen LogP contribution in [0.25, 0.3) is 0 Å². The lowest BCUT2D eigenvalue weighted by Crippen LogP contribution is -2.15. The molecule has 0 spiro atoms. The predicted octanol–water partition coefficient (Wildman–Crippen LogP) is 3.57. The Morgan fingerprint density at radius 2 is 1.76 bits per heavy atom. The summed E-state index contributed by atoms with van der Waals surface area (Å²) in [5.41, 5.74) is 8.23. The van der Waals surface area contributed by atoms with Crippen molar-refractivity contribution in [3.8, 4) is 0 Å². The molecule has 2 aromatic carbocycles. The fourth-order valence-corrected chi connectivity index (χ4v) is 1.81. The highest BCUT2D eigenvalue weighted by Crippen LogP contribution is 2.26. The maximum absolute atomic E-state index is 13.2. The highest BCUT2D eigenvalue weighted by atomic mass is 19.1. The molecular formula is C14H15FN2. The van der Waals surface area contributed by atoms with Crippen LogP contribution in [-0.2, 0) is 0 Å². The van der Waals surface area contributed by atoms with Gasteiger partial charge < -0.3 is 10.6 Å². The van der Waals surface area contributed by atoms with Crippen LogP contribution in [0.3, 0.4) is 0 Å². The van der Waals surface area contributed by atoms with Crippen LogP contribution in [0.1, 0.15) is 6.92 Å². The molecule has 0 unspecified atom stereocenters. The number of nitrogens with two attached hydrogens (primary N) is 1. The number of hydrogen-bond donors (Lipinski definition) is 1. The Kier molecular flexibility index (Phi) is 3.28. The maximum Gasteiger partial charge on any atom is 0.125 e. The van der Waals surface area contributed by atoms with E-state index in [4.69, 9.17) is 5.73 Å². The second-order valence-electron chi connectivity index (χ2n) is 3.82. The highest BCUT2D eigenvalue weighted by molar-refractivity contribution is 5.64. The summed E-state index contributed by atoms with van der Waals surface area (Å²) in [6, 6.07) is 14.1. The van der Waals surface area contributed by atoms with E-state index in [-0.39, 0.29) is 5.82 Å². The van der Waals surface area contributed by atoms with Gasteiger partial charge in [0.2, 0.25) is 0 Å². The summed E-state index contributed by atoms with van der Waals surface area (Å²) < 4.78 is 13.2. The minimum absolute atomic E-state index is 0.226. The van der Waals surface area contributed by atoms with E-state index in [0.717, 1.165) is 23.6 Å². The topological polar surface area (TPSA) is 29.3 Å². The van der Waals surface area contributed by atoms with Crippen LogP contribution < -0.4 is 10.6 Å². The predicted molar refractivity (Wildman–Crippen MR) is 69.9 cm³/mol. The Bertz CT molecular complexity index is 494. The summed E-state index contributed by atoms with van der Waals surface area (Å²) in [5.74, 6) is -0.226. The first-order valence-electron chi connectivity index (χ1n) is 5.59. The van der Waals surface area contributed by atoms with Crippen LogP contribution in [0.5, 0.6) is 0 Å².